The summed E-state index contributed by atoms with van der Waals surface area (Å²) in [5.74, 6) is 0.357. The fourth-order valence-electron chi connectivity index (χ4n) is 2.60. The van der Waals surface area contributed by atoms with Gasteiger partial charge in [-0.15, -0.1) is 0 Å². The molecular weight excluding hydrogens is 376 g/mol. The van der Waals surface area contributed by atoms with E-state index < -0.39 is 18.5 Å². The molecule has 0 saturated heterocycles. The average molecular weight is 394 g/mol. The molecule has 0 radical (unpaired) electrons. The van der Waals surface area contributed by atoms with Gasteiger partial charge in [0.1, 0.15) is 13.2 Å². The molecule has 3 rings (SSSR count). The van der Waals surface area contributed by atoms with Gasteiger partial charge in [-0.3, -0.25) is 4.79 Å². The lowest BCUT2D eigenvalue weighted by Crippen LogP contribution is -2.20. The number of fused-ring (bicyclic) bond motifs is 1. The van der Waals surface area contributed by atoms with E-state index >= 15 is 0 Å². The number of hydrogen-bond acceptors (Lipinski definition) is 7. The van der Waals surface area contributed by atoms with Crippen LogP contribution in [0.1, 0.15) is 11.1 Å². The van der Waals surface area contributed by atoms with E-state index in [1.165, 1.54) is 25.3 Å². The van der Waals surface area contributed by atoms with E-state index in [1.54, 1.807) is 30.3 Å². The quantitative estimate of drug-likeness (QED) is 0.593. The van der Waals surface area contributed by atoms with Gasteiger partial charge in [-0.2, -0.15) is 5.26 Å². The molecule has 0 spiro atoms. The van der Waals surface area contributed by atoms with Gasteiger partial charge < -0.3 is 24.3 Å². The fourth-order valence-corrected chi connectivity index (χ4v) is 2.60. The Hall–Kier alpha value is -3.99. The lowest BCUT2D eigenvalue weighted by molar-refractivity contribution is -0.142. The topological polar surface area (TPSA) is 107 Å². The van der Waals surface area contributed by atoms with Crippen LogP contribution in [-0.2, 0) is 14.3 Å². The molecule has 0 aliphatic carbocycles. The zero-order chi connectivity index (χ0) is 20.6. The summed E-state index contributed by atoms with van der Waals surface area (Å²) in [5.41, 5.74) is 1.52. The van der Waals surface area contributed by atoms with Crippen molar-refractivity contribution in [3.63, 3.8) is 0 Å². The Morgan fingerprint density at radius 2 is 2.07 bits per heavy atom. The number of rotatable bonds is 6. The van der Waals surface area contributed by atoms with Crippen LogP contribution in [0, 0.1) is 11.3 Å². The number of esters is 1. The zero-order valence-electron chi connectivity index (χ0n) is 15.6. The van der Waals surface area contributed by atoms with Crippen molar-refractivity contribution in [3.05, 3.63) is 53.6 Å². The Balaban J connectivity index is 1.56. The number of ether oxygens (including phenoxy) is 4. The molecule has 0 atom stereocenters. The second-order valence-electron chi connectivity index (χ2n) is 5.93. The van der Waals surface area contributed by atoms with Crippen molar-refractivity contribution in [2.75, 3.05) is 32.2 Å². The number of hydrogen-bond donors (Lipinski definition) is 1. The predicted octanol–water partition coefficient (Wildman–Crippen LogP) is 2.53. The molecule has 1 aliphatic rings. The Bertz CT molecular complexity index is 976. The molecular formula is C21H18N2O6. The molecule has 0 aromatic heterocycles. The number of benzene rings is 2. The standard InChI is InChI=1S/C21H18N2O6/c1-26-17-10-14(11-18-21(17)28-8-7-27-18)5-6-20(25)29-13-19(24)23-16-4-2-3-15(9-16)12-22/h2-6,9-11H,7-8,13H2,1H3,(H,23,24)/b6-5+. The highest BCUT2D eigenvalue weighted by Crippen LogP contribution is 2.40. The number of carbonyl (C=O) groups is 2. The number of nitrogens with zero attached hydrogens (tertiary/aromatic N) is 1. The third-order valence-electron chi connectivity index (χ3n) is 3.88. The van der Waals surface area contributed by atoms with E-state index in [2.05, 4.69) is 5.32 Å². The van der Waals surface area contributed by atoms with Crippen LogP contribution in [0.4, 0.5) is 5.69 Å². The smallest absolute Gasteiger partial charge is 0.331 e. The van der Waals surface area contributed by atoms with Crippen molar-refractivity contribution in [1.29, 1.82) is 5.26 Å². The largest absolute Gasteiger partial charge is 0.493 e. The van der Waals surface area contributed by atoms with Crippen molar-refractivity contribution in [1.82, 2.24) is 0 Å². The van der Waals surface area contributed by atoms with Crippen LogP contribution in [0.25, 0.3) is 6.08 Å². The summed E-state index contributed by atoms with van der Waals surface area (Å²) < 4.78 is 21.3. The zero-order valence-corrected chi connectivity index (χ0v) is 15.6. The molecule has 0 unspecified atom stereocenters. The normalized spacial score (nSPS) is 12.1. The SMILES string of the molecule is COc1cc(/C=C/C(=O)OCC(=O)Nc2cccc(C#N)c2)cc2c1OCCO2. The minimum Gasteiger partial charge on any atom is -0.493 e. The minimum absolute atomic E-state index is 0.414. The van der Waals surface area contributed by atoms with Gasteiger partial charge in [-0.1, -0.05) is 6.07 Å². The van der Waals surface area contributed by atoms with E-state index in [0.29, 0.717) is 47.3 Å². The van der Waals surface area contributed by atoms with Crippen LogP contribution in [0.2, 0.25) is 0 Å². The van der Waals surface area contributed by atoms with Gasteiger partial charge in [-0.25, -0.2) is 4.79 Å². The molecule has 29 heavy (non-hydrogen) atoms. The second-order valence-corrected chi connectivity index (χ2v) is 5.93. The number of nitrogens with one attached hydrogen (secondary N) is 1. The van der Waals surface area contributed by atoms with Crippen LogP contribution in [-0.4, -0.2) is 38.8 Å². The first-order valence-corrected chi connectivity index (χ1v) is 8.71. The first-order valence-electron chi connectivity index (χ1n) is 8.71. The maximum atomic E-state index is 11.9. The Morgan fingerprint density at radius 3 is 2.86 bits per heavy atom. The number of amides is 1. The highest BCUT2D eigenvalue weighted by atomic mass is 16.6. The summed E-state index contributed by atoms with van der Waals surface area (Å²) in [4.78, 5) is 23.8. The van der Waals surface area contributed by atoms with Gasteiger partial charge in [0.25, 0.3) is 5.91 Å². The number of methoxy groups -OCH3 is 1. The van der Waals surface area contributed by atoms with E-state index in [0.717, 1.165) is 0 Å². The predicted molar refractivity (Wildman–Crippen MR) is 104 cm³/mol. The van der Waals surface area contributed by atoms with Gasteiger partial charge >= 0.3 is 5.97 Å². The van der Waals surface area contributed by atoms with Crippen molar-refractivity contribution < 1.29 is 28.5 Å². The summed E-state index contributed by atoms with van der Waals surface area (Å²) in [6.07, 6.45) is 2.73. The van der Waals surface area contributed by atoms with Crippen LogP contribution in [0.3, 0.4) is 0 Å². The Labute approximate surface area is 167 Å². The number of nitriles is 1. The highest BCUT2D eigenvalue weighted by Gasteiger charge is 2.17. The second kappa shape index (κ2) is 9.28. The monoisotopic (exact) mass is 394 g/mol. The molecule has 8 heteroatoms. The van der Waals surface area contributed by atoms with Crippen molar-refractivity contribution in [2.24, 2.45) is 0 Å². The molecule has 1 heterocycles. The van der Waals surface area contributed by atoms with Crippen LogP contribution < -0.4 is 19.5 Å². The fraction of sp³-hybridized carbons (Fsp3) is 0.190. The summed E-state index contributed by atoms with van der Waals surface area (Å²) in [7, 11) is 1.51. The van der Waals surface area contributed by atoms with E-state index in [1.807, 2.05) is 6.07 Å². The minimum atomic E-state index is -0.681. The van der Waals surface area contributed by atoms with Gasteiger partial charge in [0.15, 0.2) is 18.1 Å². The molecule has 2 aromatic carbocycles. The average Bonchev–Trinajstić information content (AvgIpc) is 2.75. The first kappa shape index (κ1) is 19.8. The third kappa shape index (κ3) is 5.26. The van der Waals surface area contributed by atoms with Crippen LogP contribution >= 0.6 is 0 Å². The molecule has 0 fully saturated rings. The molecule has 1 amide bonds. The molecule has 0 saturated carbocycles. The molecule has 8 nitrogen and oxygen atoms in total. The lowest BCUT2D eigenvalue weighted by Gasteiger charge is -2.20. The van der Waals surface area contributed by atoms with E-state index in [4.69, 9.17) is 24.2 Å². The molecule has 0 bridgehead atoms. The maximum Gasteiger partial charge on any atom is 0.331 e. The van der Waals surface area contributed by atoms with E-state index in [-0.39, 0.29) is 0 Å². The summed E-state index contributed by atoms with van der Waals surface area (Å²) in [6.45, 7) is 0.413. The van der Waals surface area contributed by atoms with Crippen molar-refractivity contribution in [2.45, 2.75) is 0 Å². The summed E-state index contributed by atoms with van der Waals surface area (Å²) >= 11 is 0. The summed E-state index contributed by atoms with van der Waals surface area (Å²) in [6, 6.07) is 11.8. The Morgan fingerprint density at radius 1 is 1.24 bits per heavy atom. The first-order chi connectivity index (χ1) is 14.1. The molecule has 148 valence electrons. The molecule has 1 aliphatic heterocycles. The van der Waals surface area contributed by atoms with E-state index in [9.17, 15) is 9.59 Å². The Kier molecular flexibility index (Phi) is 6.32. The maximum absolute atomic E-state index is 11.9. The van der Waals surface area contributed by atoms with Gasteiger partial charge in [-0.05, 0) is 42.0 Å². The van der Waals surface area contributed by atoms with Crippen LogP contribution in [0.5, 0.6) is 17.2 Å². The summed E-state index contributed by atoms with van der Waals surface area (Å²) in [5, 5.41) is 11.4. The number of carbonyl (C=O) groups excluding carboxylic acids is 2. The van der Waals surface area contributed by atoms with Crippen LogP contribution in [0.15, 0.2) is 42.5 Å². The molecule has 1 N–H and O–H groups in total. The lowest BCUT2D eigenvalue weighted by atomic mass is 10.1. The van der Waals surface area contributed by atoms with Gasteiger partial charge in [0, 0.05) is 11.8 Å². The van der Waals surface area contributed by atoms with Gasteiger partial charge in [0.2, 0.25) is 5.75 Å². The number of anilines is 1. The van der Waals surface area contributed by atoms with Crippen molar-refractivity contribution in [3.8, 4) is 23.3 Å². The third-order valence-corrected chi connectivity index (χ3v) is 3.88. The molecule has 2 aromatic rings. The van der Waals surface area contributed by atoms with Crippen molar-refractivity contribution >= 4 is 23.6 Å². The highest BCUT2D eigenvalue weighted by molar-refractivity contribution is 5.94. The van der Waals surface area contributed by atoms with Gasteiger partial charge in [0.05, 0.1) is 18.7 Å².